The number of aromatic nitrogens is 1. The van der Waals surface area contributed by atoms with Crippen molar-refractivity contribution in [3.05, 3.63) is 56.7 Å². The molecule has 0 bridgehead atoms. The first-order chi connectivity index (χ1) is 9.63. The first-order valence-corrected chi connectivity index (χ1v) is 7.61. The Kier molecular flexibility index (Phi) is 5.54. The van der Waals surface area contributed by atoms with Gasteiger partial charge in [-0.05, 0) is 52.2 Å². The molecule has 0 spiro atoms. The fraction of sp³-hybridized carbons (Fsp3) is 0.214. The molecule has 1 atom stereocenters. The lowest BCUT2D eigenvalue weighted by Crippen LogP contribution is -2.30. The van der Waals surface area contributed by atoms with Gasteiger partial charge >= 0.3 is 0 Å². The van der Waals surface area contributed by atoms with Crippen LogP contribution in [0.2, 0.25) is 0 Å². The van der Waals surface area contributed by atoms with Crippen LogP contribution in [-0.4, -0.2) is 12.1 Å². The molecule has 0 radical (unpaired) electrons. The molecule has 0 saturated carbocycles. The van der Waals surface area contributed by atoms with Crippen molar-refractivity contribution in [1.82, 2.24) is 10.4 Å². The van der Waals surface area contributed by atoms with Gasteiger partial charge in [0.15, 0.2) is 0 Å². The van der Waals surface area contributed by atoms with Crippen molar-refractivity contribution in [2.24, 2.45) is 5.84 Å². The fourth-order valence-corrected chi connectivity index (χ4v) is 2.83. The molecule has 0 aliphatic rings. The Balaban J connectivity index is 2.30. The normalized spacial score (nSPS) is 12.2. The third-order valence-corrected chi connectivity index (χ3v) is 3.90. The van der Waals surface area contributed by atoms with E-state index in [1.807, 2.05) is 30.5 Å². The van der Waals surface area contributed by atoms with E-state index in [0.717, 1.165) is 32.2 Å². The van der Waals surface area contributed by atoms with Gasteiger partial charge in [-0.3, -0.25) is 16.3 Å². The summed E-state index contributed by atoms with van der Waals surface area (Å²) in [5.41, 5.74) is 4.94. The maximum Gasteiger partial charge on any atom is 0.123 e. The average molecular weight is 401 g/mol. The van der Waals surface area contributed by atoms with E-state index in [1.165, 1.54) is 0 Å². The molecule has 1 aromatic carbocycles. The highest BCUT2D eigenvalue weighted by molar-refractivity contribution is 9.10. The van der Waals surface area contributed by atoms with Gasteiger partial charge in [-0.25, -0.2) is 0 Å². The monoisotopic (exact) mass is 399 g/mol. The second-order valence-corrected chi connectivity index (χ2v) is 6.15. The van der Waals surface area contributed by atoms with Crippen molar-refractivity contribution >= 4 is 31.9 Å². The van der Waals surface area contributed by atoms with Crippen molar-refractivity contribution in [2.45, 2.75) is 12.5 Å². The molecule has 1 heterocycles. The predicted molar refractivity (Wildman–Crippen MR) is 86.4 cm³/mol. The van der Waals surface area contributed by atoms with E-state index in [2.05, 4.69) is 42.3 Å². The van der Waals surface area contributed by atoms with Gasteiger partial charge < -0.3 is 4.74 Å². The van der Waals surface area contributed by atoms with Crippen molar-refractivity contribution in [2.75, 3.05) is 7.11 Å². The highest BCUT2D eigenvalue weighted by Gasteiger charge is 2.16. The Morgan fingerprint density at radius 2 is 2.05 bits per heavy atom. The van der Waals surface area contributed by atoms with Gasteiger partial charge in [0.05, 0.1) is 13.2 Å². The van der Waals surface area contributed by atoms with E-state index in [4.69, 9.17) is 10.6 Å². The molecule has 106 valence electrons. The molecule has 20 heavy (non-hydrogen) atoms. The molecule has 4 nitrogen and oxygen atoms in total. The van der Waals surface area contributed by atoms with E-state index < -0.39 is 0 Å². The number of ether oxygens (including phenoxy) is 1. The first-order valence-electron chi connectivity index (χ1n) is 6.03. The van der Waals surface area contributed by atoms with E-state index in [1.54, 1.807) is 13.3 Å². The molecule has 0 fully saturated rings. The van der Waals surface area contributed by atoms with Crippen molar-refractivity contribution in [3.63, 3.8) is 0 Å². The van der Waals surface area contributed by atoms with Gasteiger partial charge in [0, 0.05) is 26.9 Å². The fourth-order valence-electron chi connectivity index (χ4n) is 2.04. The Morgan fingerprint density at radius 3 is 2.70 bits per heavy atom. The maximum atomic E-state index is 5.71. The number of nitrogens with zero attached hydrogens (tertiary/aromatic N) is 1. The molecular weight excluding hydrogens is 386 g/mol. The zero-order valence-corrected chi connectivity index (χ0v) is 14.1. The summed E-state index contributed by atoms with van der Waals surface area (Å²) in [6.45, 7) is 0. The summed E-state index contributed by atoms with van der Waals surface area (Å²) in [4.78, 5) is 4.17. The van der Waals surface area contributed by atoms with Gasteiger partial charge in [0.2, 0.25) is 0 Å². The molecule has 3 N–H and O–H groups in total. The smallest absolute Gasteiger partial charge is 0.123 e. The van der Waals surface area contributed by atoms with Gasteiger partial charge in [-0.15, -0.1) is 0 Å². The summed E-state index contributed by atoms with van der Waals surface area (Å²) < 4.78 is 7.34. The summed E-state index contributed by atoms with van der Waals surface area (Å²) in [5.74, 6) is 6.52. The van der Waals surface area contributed by atoms with E-state index in [9.17, 15) is 0 Å². The topological polar surface area (TPSA) is 60.2 Å². The molecule has 0 saturated heterocycles. The average Bonchev–Trinajstić information content (AvgIpc) is 2.45. The molecule has 1 unspecified atom stereocenters. The zero-order valence-electron chi connectivity index (χ0n) is 10.9. The summed E-state index contributed by atoms with van der Waals surface area (Å²) >= 11 is 6.90. The Hall–Kier alpha value is -0.950. The molecule has 6 heteroatoms. The minimum Gasteiger partial charge on any atom is -0.496 e. The molecule has 0 aliphatic heterocycles. The van der Waals surface area contributed by atoms with E-state index in [0.29, 0.717) is 0 Å². The van der Waals surface area contributed by atoms with E-state index in [-0.39, 0.29) is 6.04 Å². The van der Waals surface area contributed by atoms with Crippen LogP contribution in [0.1, 0.15) is 17.2 Å². The summed E-state index contributed by atoms with van der Waals surface area (Å²) in [5, 5.41) is 0. The number of pyridine rings is 1. The van der Waals surface area contributed by atoms with Crippen LogP contribution in [0, 0.1) is 0 Å². The maximum absolute atomic E-state index is 5.71. The number of hydrogen-bond acceptors (Lipinski definition) is 4. The van der Waals surface area contributed by atoms with Crippen LogP contribution >= 0.6 is 31.9 Å². The molecule has 0 amide bonds. The molecule has 2 rings (SSSR count). The van der Waals surface area contributed by atoms with Gasteiger partial charge in [-0.1, -0.05) is 15.9 Å². The van der Waals surface area contributed by atoms with Crippen LogP contribution in [0.25, 0.3) is 0 Å². The van der Waals surface area contributed by atoms with Crippen molar-refractivity contribution in [3.8, 4) is 5.75 Å². The van der Waals surface area contributed by atoms with Crippen molar-refractivity contribution in [1.29, 1.82) is 0 Å². The number of hydrogen-bond donors (Lipinski definition) is 2. The number of hydrazine groups is 1. The predicted octanol–water partition coefficient (Wildman–Crippen LogP) is 3.36. The molecular formula is C14H15Br2N3O. The van der Waals surface area contributed by atoms with Crippen LogP contribution in [0.3, 0.4) is 0 Å². The van der Waals surface area contributed by atoms with Crippen LogP contribution in [-0.2, 0) is 6.42 Å². The number of halogens is 2. The Bertz CT molecular complexity index is 592. The quantitative estimate of drug-likeness (QED) is 0.596. The van der Waals surface area contributed by atoms with Crippen LogP contribution < -0.4 is 16.0 Å². The standard InChI is InChI=1S/C14H15Br2N3O/c1-20-14-3-2-10(15)6-12(14)13(19-17)5-9-4-11(16)8-18-7-9/h2-4,6-8,13,19H,5,17H2,1H3. The molecule has 2 aromatic rings. The summed E-state index contributed by atoms with van der Waals surface area (Å²) in [6, 6.07) is 7.84. The highest BCUT2D eigenvalue weighted by Crippen LogP contribution is 2.30. The number of methoxy groups -OCH3 is 1. The highest BCUT2D eigenvalue weighted by atomic mass is 79.9. The summed E-state index contributed by atoms with van der Waals surface area (Å²) in [6.07, 6.45) is 4.31. The lowest BCUT2D eigenvalue weighted by molar-refractivity contribution is 0.399. The second-order valence-electron chi connectivity index (χ2n) is 4.32. The number of benzene rings is 1. The second kappa shape index (κ2) is 7.17. The van der Waals surface area contributed by atoms with Crippen LogP contribution in [0.5, 0.6) is 5.75 Å². The third kappa shape index (κ3) is 3.79. The zero-order chi connectivity index (χ0) is 14.5. The van der Waals surface area contributed by atoms with Crippen LogP contribution in [0.4, 0.5) is 0 Å². The summed E-state index contributed by atoms with van der Waals surface area (Å²) in [7, 11) is 1.65. The number of nitrogens with one attached hydrogen (secondary N) is 1. The minimum atomic E-state index is -0.0569. The first kappa shape index (κ1) is 15.4. The lowest BCUT2D eigenvalue weighted by Gasteiger charge is -2.19. The van der Waals surface area contributed by atoms with Crippen LogP contribution in [0.15, 0.2) is 45.6 Å². The van der Waals surface area contributed by atoms with Gasteiger partial charge in [-0.2, -0.15) is 0 Å². The lowest BCUT2D eigenvalue weighted by atomic mass is 9.99. The van der Waals surface area contributed by atoms with Gasteiger partial charge in [0.1, 0.15) is 5.75 Å². The van der Waals surface area contributed by atoms with E-state index >= 15 is 0 Å². The minimum absolute atomic E-state index is 0.0569. The molecule has 0 aliphatic carbocycles. The SMILES string of the molecule is COc1ccc(Br)cc1C(Cc1cncc(Br)c1)NN. The number of rotatable bonds is 5. The van der Waals surface area contributed by atoms with Gasteiger partial charge in [0.25, 0.3) is 0 Å². The Labute approximate surface area is 135 Å². The van der Waals surface area contributed by atoms with Crippen molar-refractivity contribution < 1.29 is 4.74 Å². The number of nitrogens with two attached hydrogens (primary N) is 1. The molecule has 1 aromatic heterocycles. The largest absolute Gasteiger partial charge is 0.496 e. The third-order valence-electron chi connectivity index (χ3n) is 2.97. The Morgan fingerprint density at radius 1 is 1.25 bits per heavy atom.